The van der Waals surface area contributed by atoms with Crippen LogP contribution < -0.4 is 10.2 Å². The first kappa shape index (κ1) is 64.5. The summed E-state index contributed by atoms with van der Waals surface area (Å²) < 4.78 is 23.2. The quantitative estimate of drug-likeness (QED) is 0.0357. The molecule has 0 spiro atoms. The van der Waals surface area contributed by atoms with Crippen molar-refractivity contribution in [3.05, 3.63) is 0 Å². The number of aliphatic hydroxyl groups is 1. The van der Waals surface area contributed by atoms with Crippen LogP contribution in [0.2, 0.25) is 0 Å². The summed E-state index contributed by atoms with van der Waals surface area (Å²) in [4.78, 5) is 25.3. The van der Waals surface area contributed by atoms with Crippen molar-refractivity contribution in [3.8, 4) is 0 Å². The van der Waals surface area contributed by atoms with Crippen molar-refractivity contribution in [1.29, 1.82) is 0 Å². The van der Waals surface area contributed by atoms with Gasteiger partial charge in [-0.1, -0.05) is 284 Å². The van der Waals surface area contributed by atoms with Gasteiger partial charge in [0.05, 0.1) is 39.9 Å². The van der Waals surface area contributed by atoms with Gasteiger partial charge < -0.3 is 28.8 Å². The van der Waals surface area contributed by atoms with E-state index in [-0.39, 0.29) is 19.1 Å². The number of nitrogens with zero attached hydrogens (tertiary/aromatic N) is 1. The van der Waals surface area contributed by atoms with E-state index in [9.17, 15) is 19.4 Å². The summed E-state index contributed by atoms with van der Waals surface area (Å²) >= 11 is 0. The summed E-state index contributed by atoms with van der Waals surface area (Å²) in [6.45, 7) is 4.71. The Morgan fingerprint density at radius 1 is 0.477 bits per heavy atom. The molecule has 2 N–H and O–H groups in total. The van der Waals surface area contributed by atoms with Gasteiger partial charge in [0.15, 0.2) is 0 Å². The normalized spacial score (nSPS) is 13.9. The molecular formula is C56H115N2O6P. The Labute approximate surface area is 406 Å². The molecule has 0 fully saturated rings. The van der Waals surface area contributed by atoms with E-state index in [0.29, 0.717) is 23.9 Å². The predicted molar refractivity (Wildman–Crippen MR) is 279 cm³/mol. The fourth-order valence-corrected chi connectivity index (χ4v) is 9.77. The maximum atomic E-state index is 12.9. The Bertz CT molecular complexity index is 1030. The number of phosphoric acid groups is 1. The molecule has 0 aromatic rings. The molecule has 0 bridgehead atoms. The largest absolute Gasteiger partial charge is 0.756 e. The number of rotatable bonds is 54. The molecule has 0 heterocycles. The molecule has 0 radical (unpaired) electrons. The number of nitrogens with one attached hydrogen (secondary N) is 1. The number of carbonyl (C=O) groups excluding carboxylic acids is 1. The number of amides is 1. The molecule has 3 unspecified atom stereocenters. The fraction of sp³-hybridized carbons (Fsp3) is 0.982. The minimum absolute atomic E-state index is 0.0155. The third kappa shape index (κ3) is 51.2. The van der Waals surface area contributed by atoms with Gasteiger partial charge in [0, 0.05) is 6.42 Å². The van der Waals surface area contributed by atoms with Crippen molar-refractivity contribution in [3.63, 3.8) is 0 Å². The molecule has 0 saturated carbocycles. The van der Waals surface area contributed by atoms with Gasteiger partial charge in [0.1, 0.15) is 13.2 Å². The van der Waals surface area contributed by atoms with Gasteiger partial charge in [-0.05, 0) is 12.8 Å². The summed E-state index contributed by atoms with van der Waals surface area (Å²) in [5.74, 6) is -0.162. The second-order valence-electron chi connectivity index (χ2n) is 21.4. The number of carbonyl (C=O) groups is 1. The molecule has 0 aromatic carbocycles. The van der Waals surface area contributed by atoms with E-state index in [1.807, 2.05) is 21.1 Å². The highest BCUT2D eigenvalue weighted by atomic mass is 31.2. The summed E-state index contributed by atoms with van der Waals surface area (Å²) in [5.41, 5.74) is 0. The topological polar surface area (TPSA) is 108 Å². The van der Waals surface area contributed by atoms with E-state index in [0.717, 1.165) is 38.5 Å². The highest BCUT2D eigenvalue weighted by molar-refractivity contribution is 7.45. The molecule has 9 heteroatoms. The zero-order chi connectivity index (χ0) is 47.8. The Hall–Kier alpha value is -0.500. The minimum atomic E-state index is -4.55. The summed E-state index contributed by atoms with van der Waals surface area (Å²) in [6, 6.07) is -0.792. The maximum absolute atomic E-state index is 12.9. The lowest BCUT2D eigenvalue weighted by Gasteiger charge is -2.30. The average molecular weight is 944 g/mol. The molecule has 0 aromatic heterocycles. The van der Waals surface area contributed by atoms with Crippen LogP contribution in [0.4, 0.5) is 0 Å². The van der Waals surface area contributed by atoms with Crippen molar-refractivity contribution < 1.29 is 32.9 Å². The first-order chi connectivity index (χ1) is 31.5. The van der Waals surface area contributed by atoms with Gasteiger partial charge in [-0.2, -0.15) is 0 Å². The summed E-state index contributed by atoms with van der Waals surface area (Å²) in [5, 5.41) is 13.8. The maximum Gasteiger partial charge on any atom is 0.268 e. The van der Waals surface area contributed by atoms with E-state index >= 15 is 0 Å². The number of unbranched alkanes of at least 4 members (excludes halogenated alkanes) is 41. The SMILES string of the molecule is CCCCCCCCCCCCCCCCCCCCCCCCCCCCCCCCCCCCCCC(=O)NC(COP(=O)([O-])OCC[N+](C)(C)C)C(O)CCCCCCCCC. The lowest BCUT2D eigenvalue weighted by molar-refractivity contribution is -0.870. The van der Waals surface area contributed by atoms with Crippen LogP contribution in [0.15, 0.2) is 0 Å². The molecule has 390 valence electrons. The van der Waals surface area contributed by atoms with Gasteiger partial charge >= 0.3 is 0 Å². The molecular weight excluding hydrogens is 828 g/mol. The number of phosphoric ester groups is 1. The Balaban J connectivity index is 3.72. The molecule has 0 rings (SSSR count). The molecule has 0 aliphatic rings. The lowest BCUT2D eigenvalue weighted by Crippen LogP contribution is -2.46. The minimum Gasteiger partial charge on any atom is -0.756 e. The van der Waals surface area contributed by atoms with Crippen LogP contribution in [0, 0.1) is 0 Å². The van der Waals surface area contributed by atoms with Gasteiger partial charge in [-0.15, -0.1) is 0 Å². The molecule has 0 aliphatic carbocycles. The van der Waals surface area contributed by atoms with Crippen LogP contribution in [0.3, 0.4) is 0 Å². The molecule has 1 amide bonds. The van der Waals surface area contributed by atoms with E-state index in [1.54, 1.807) is 0 Å². The van der Waals surface area contributed by atoms with E-state index in [1.165, 1.54) is 238 Å². The molecule has 0 aliphatic heterocycles. The Morgan fingerprint density at radius 2 is 0.754 bits per heavy atom. The van der Waals surface area contributed by atoms with Crippen LogP contribution in [0.5, 0.6) is 0 Å². The summed E-state index contributed by atoms with van der Waals surface area (Å²) in [6.07, 6.45) is 57.7. The smallest absolute Gasteiger partial charge is 0.268 e. The average Bonchev–Trinajstić information content (AvgIpc) is 3.26. The second-order valence-corrected chi connectivity index (χ2v) is 22.8. The van der Waals surface area contributed by atoms with Crippen LogP contribution in [-0.4, -0.2) is 68.5 Å². The van der Waals surface area contributed by atoms with Crippen LogP contribution in [0.1, 0.15) is 303 Å². The molecule has 0 saturated heterocycles. The Morgan fingerprint density at radius 3 is 1.05 bits per heavy atom. The third-order valence-electron chi connectivity index (χ3n) is 13.6. The van der Waals surface area contributed by atoms with Gasteiger partial charge in [-0.25, -0.2) is 0 Å². The number of aliphatic hydroxyl groups excluding tert-OH is 1. The van der Waals surface area contributed by atoms with Crippen molar-refractivity contribution >= 4 is 13.7 Å². The van der Waals surface area contributed by atoms with E-state index in [4.69, 9.17) is 9.05 Å². The fourth-order valence-electron chi connectivity index (χ4n) is 9.04. The van der Waals surface area contributed by atoms with Gasteiger partial charge in [-0.3, -0.25) is 9.36 Å². The van der Waals surface area contributed by atoms with Gasteiger partial charge in [0.2, 0.25) is 5.91 Å². The summed E-state index contributed by atoms with van der Waals surface area (Å²) in [7, 11) is 1.32. The molecule has 3 atom stereocenters. The van der Waals surface area contributed by atoms with E-state index in [2.05, 4.69) is 19.2 Å². The number of hydrogen-bond donors (Lipinski definition) is 2. The number of hydrogen-bond acceptors (Lipinski definition) is 6. The first-order valence-electron chi connectivity index (χ1n) is 28.9. The monoisotopic (exact) mass is 943 g/mol. The Kier molecular flexibility index (Phi) is 48.1. The van der Waals surface area contributed by atoms with Crippen molar-refractivity contribution in [2.45, 2.75) is 315 Å². The van der Waals surface area contributed by atoms with Crippen LogP contribution in [0.25, 0.3) is 0 Å². The predicted octanol–water partition coefficient (Wildman–Crippen LogP) is 16.6. The zero-order valence-corrected chi connectivity index (χ0v) is 45.4. The second kappa shape index (κ2) is 48.5. The van der Waals surface area contributed by atoms with Gasteiger partial charge in [0.25, 0.3) is 7.82 Å². The third-order valence-corrected chi connectivity index (χ3v) is 14.6. The molecule has 8 nitrogen and oxygen atoms in total. The van der Waals surface area contributed by atoms with Crippen molar-refractivity contribution in [1.82, 2.24) is 5.32 Å². The highest BCUT2D eigenvalue weighted by Crippen LogP contribution is 2.38. The standard InChI is InChI=1S/C56H115N2O6P/c1-6-8-10-12-14-15-16-17-18-19-20-21-22-23-24-25-26-27-28-29-30-31-32-33-34-35-36-37-38-39-40-41-42-44-46-48-50-56(60)57-54(55(59)49-47-45-43-13-11-9-7-2)53-64-65(61,62)63-52-51-58(3,4)5/h54-55,59H,6-53H2,1-5H3,(H-,57,60,61,62). The van der Waals surface area contributed by atoms with Crippen molar-refractivity contribution in [2.75, 3.05) is 40.9 Å². The number of quaternary nitrogens is 1. The first-order valence-corrected chi connectivity index (χ1v) is 30.3. The molecule has 65 heavy (non-hydrogen) atoms. The van der Waals surface area contributed by atoms with Crippen molar-refractivity contribution in [2.24, 2.45) is 0 Å². The van der Waals surface area contributed by atoms with Crippen LogP contribution in [-0.2, 0) is 18.4 Å². The highest BCUT2D eigenvalue weighted by Gasteiger charge is 2.24. The number of likely N-dealkylation sites (N-methyl/N-ethyl adjacent to an activating group) is 1. The lowest BCUT2D eigenvalue weighted by atomic mass is 10.0. The zero-order valence-electron chi connectivity index (χ0n) is 44.5. The van der Waals surface area contributed by atoms with Crippen LogP contribution >= 0.6 is 7.82 Å². The van der Waals surface area contributed by atoms with E-state index < -0.39 is 20.0 Å².